The second kappa shape index (κ2) is 7.10. The minimum absolute atomic E-state index is 0.0670. The molecule has 100 valence electrons. The fraction of sp³-hybridized carbons (Fsp3) is 0.600. The fourth-order valence-electron chi connectivity index (χ4n) is 2.42. The van der Waals surface area contributed by atoms with Crippen LogP contribution in [0.1, 0.15) is 37.7 Å². The molecule has 0 aliphatic carbocycles. The highest BCUT2D eigenvalue weighted by molar-refractivity contribution is 6.20. The predicted octanol–water partition coefficient (Wildman–Crippen LogP) is 4.32. The van der Waals surface area contributed by atoms with E-state index in [0.29, 0.717) is 6.10 Å². The molecule has 0 bridgehead atoms. The number of halogens is 2. The molecular weight excluding hydrogens is 251 g/mol. The number of hydrogen-bond acceptors (Lipinski definition) is 1. The molecule has 2 atom stereocenters. The maximum Gasteiger partial charge on any atom is 0.123 e. The molecule has 1 nitrogen and oxygen atoms in total. The Labute approximate surface area is 113 Å². The van der Waals surface area contributed by atoms with Crippen LogP contribution in [0.15, 0.2) is 24.3 Å². The minimum atomic E-state index is -0.188. The Morgan fingerprint density at radius 1 is 1.39 bits per heavy atom. The maximum atomic E-state index is 13.0. The van der Waals surface area contributed by atoms with Gasteiger partial charge in [-0.3, -0.25) is 0 Å². The topological polar surface area (TPSA) is 9.23 Å². The van der Waals surface area contributed by atoms with Crippen molar-refractivity contribution < 1.29 is 9.13 Å². The van der Waals surface area contributed by atoms with E-state index in [-0.39, 0.29) is 11.2 Å². The molecule has 0 saturated carbocycles. The predicted molar refractivity (Wildman–Crippen MR) is 72.6 cm³/mol. The number of rotatable bonds is 5. The van der Waals surface area contributed by atoms with Crippen LogP contribution in [0.5, 0.6) is 0 Å². The van der Waals surface area contributed by atoms with E-state index in [1.165, 1.54) is 18.9 Å². The van der Waals surface area contributed by atoms with Gasteiger partial charge in [0.2, 0.25) is 0 Å². The Morgan fingerprint density at radius 3 is 3.00 bits per heavy atom. The second-order valence-electron chi connectivity index (χ2n) is 5.00. The Balaban J connectivity index is 1.72. The first-order chi connectivity index (χ1) is 8.74. The van der Waals surface area contributed by atoms with E-state index in [4.69, 9.17) is 16.3 Å². The summed E-state index contributed by atoms with van der Waals surface area (Å²) in [6, 6.07) is 6.68. The molecule has 1 fully saturated rings. The zero-order chi connectivity index (χ0) is 12.8. The molecule has 0 amide bonds. The third-order valence-corrected chi connectivity index (χ3v) is 3.79. The summed E-state index contributed by atoms with van der Waals surface area (Å²) in [5.41, 5.74) is 0.972. The van der Waals surface area contributed by atoms with Crippen LogP contribution in [0.3, 0.4) is 0 Å². The summed E-state index contributed by atoms with van der Waals surface area (Å²) in [5.74, 6) is -0.188. The van der Waals surface area contributed by atoms with E-state index in [0.717, 1.165) is 37.9 Å². The zero-order valence-electron chi connectivity index (χ0n) is 10.6. The van der Waals surface area contributed by atoms with Crippen LogP contribution in [0.2, 0.25) is 0 Å². The monoisotopic (exact) mass is 270 g/mol. The van der Waals surface area contributed by atoms with Crippen LogP contribution in [0, 0.1) is 5.82 Å². The van der Waals surface area contributed by atoms with Gasteiger partial charge in [0.25, 0.3) is 0 Å². The van der Waals surface area contributed by atoms with Gasteiger partial charge in [-0.2, -0.15) is 0 Å². The van der Waals surface area contributed by atoms with Gasteiger partial charge in [0, 0.05) is 12.0 Å². The highest BCUT2D eigenvalue weighted by Gasteiger charge is 2.16. The molecule has 2 unspecified atom stereocenters. The SMILES string of the molecule is Fc1cccc(CC(Cl)CCC2CCCCO2)c1. The molecule has 18 heavy (non-hydrogen) atoms. The van der Waals surface area contributed by atoms with Crippen molar-refractivity contribution in [3.8, 4) is 0 Å². The van der Waals surface area contributed by atoms with Crippen LogP contribution in [0.25, 0.3) is 0 Å². The van der Waals surface area contributed by atoms with E-state index in [1.807, 2.05) is 6.07 Å². The van der Waals surface area contributed by atoms with Crippen molar-refractivity contribution >= 4 is 11.6 Å². The molecular formula is C15H20ClFO. The third kappa shape index (κ3) is 4.58. The van der Waals surface area contributed by atoms with Gasteiger partial charge in [-0.25, -0.2) is 4.39 Å². The molecule has 3 heteroatoms. The van der Waals surface area contributed by atoms with Gasteiger partial charge in [-0.05, 0) is 56.2 Å². The Bertz CT molecular complexity index is 363. The molecule has 1 aliphatic rings. The number of ether oxygens (including phenoxy) is 1. The first-order valence-electron chi connectivity index (χ1n) is 6.74. The quantitative estimate of drug-likeness (QED) is 0.724. The lowest BCUT2D eigenvalue weighted by Gasteiger charge is -2.23. The van der Waals surface area contributed by atoms with E-state index < -0.39 is 0 Å². The maximum absolute atomic E-state index is 13.0. The van der Waals surface area contributed by atoms with Crippen molar-refractivity contribution in [1.29, 1.82) is 0 Å². The van der Waals surface area contributed by atoms with Crippen molar-refractivity contribution in [1.82, 2.24) is 0 Å². The van der Waals surface area contributed by atoms with E-state index >= 15 is 0 Å². The number of benzene rings is 1. The lowest BCUT2D eigenvalue weighted by molar-refractivity contribution is 0.0100. The minimum Gasteiger partial charge on any atom is -0.378 e. The molecule has 0 N–H and O–H groups in total. The van der Waals surface area contributed by atoms with Gasteiger partial charge in [0.1, 0.15) is 5.82 Å². The lowest BCUT2D eigenvalue weighted by atomic mass is 10.0. The summed E-state index contributed by atoms with van der Waals surface area (Å²) in [7, 11) is 0. The van der Waals surface area contributed by atoms with Gasteiger partial charge in [-0.15, -0.1) is 11.6 Å². The van der Waals surface area contributed by atoms with Crippen molar-refractivity contribution in [2.75, 3.05) is 6.61 Å². The van der Waals surface area contributed by atoms with Crippen molar-refractivity contribution in [3.05, 3.63) is 35.6 Å². The van der Waals surface area contributed by atoms with E-state index in [1.54, 1.807) is 12.1 Å². The molecule has 2 rings (SSSR count). The van der Waals surface area contributed by atoms with Crippen LogP contribution in [0.4, 0.5) is 4.39 Å². The first-order valence-corrected chi connectivity index (χ1v) is 7.18. The standard InChI is InChI=1S/C15H20ClFO/c16-13(7-8-15-6-1-2-9-18-15)10-12-4-3-5-14(17)11-12/h3-5,11,13,15H,1-2,6-10H2. The summed E-state index contributed by atoms with van der Waals surface area (Å²) in [4.78, 5) is 0. The summed E-state index contributed by atoms with van der Waals surface area (Å²) < 4.78 is 18.7. The molecule has 1 heterocycles. The van der Waals surface area contributed by atoms with Gasteiger partial charge in [0.15, 0.2) is 0 Å². The summed E-state index contributed by atoms with van der Waals surface area (Å²) >= 11 is 6.31. The molecule has 1 aromatic rings. The van der Waals surface area contributed by atoms with Gasteiger partial charge in [-0.1, -0.05) is 12.1 Å². The van der Waals surface area contributed by atoms with E-state index in [2.05, 4.69) is 0 Å². The third-order valence-electron chi connectivity index (χ3n) is 3.42. The molecule has 0 aromatic heterocycles. The average Bonchev–Trinajstić information content (AvgIpc) is 2.38. The highest BCUT2D eigenvalue weighted by atomic mass is 35.5. The van der Waals surface area contributed by atoms with Crippen molar-refractivity contribution in [3.63, 3.8) is 0 Å². The zero-order valence-corrected chi connectivity index (χ0v) is 11.3. The fourth-order valence-corrected chi connectivity index (χ4v) is 2.73. The molecule has 1 aliphatic heterocycles. The van der Waals surface area contributed by atoms with Gasteiger partial charge < -0.3 is 4.74 Å². The number of hydrogen-bond donors (Lipinski definition) is 0. The Kier molecular flexibility index (Phi) is 5.45. The van der Waals surface area contributed by atoms with Gasteiger partial charge in [0.05, 0.1) is 6.10 Å². The first kappa shape index (κ1) is 13.8. The summed E-state index contributed by atoms with van der Waals surface area (Å²) in [5, 5.41) is 0.0670. The summed E-state index contributed by atoms with van der Waals surface area (Å²) in [6.07, 6.45) is 6.67. The highest BCUT2D eigenvalue weighted by Crippen LogP contribution is 2.21. The smallest absolute Gasteiger partial charge is 0.123 e. The van der Waals surface area contributed by atoms with Crippen LogP contribution in [-0.4, -0.2) is 18.1 Å². The molecule has 1 saturated heterocycles. The van der Waals surface area contributed by atoms with Crippen LogP contribution >= 0.6 is 11.6 Å². The van der Waals surface area contributed by atoms with Crippen LogP contribution < -0.4 is 0 Å². The van der Waals surface area contributed by atoms with Crippen LogP contribution in [-0.2, 0) is 11.2 Å². The largest absolute Gasteiger partial charge is 0.378 e. The van der Waals surface area contributed by atoms with Gasteiger partial charge >= 0.3 is 0 Å². The number of alkyl halides is 1. The lowest BCUT2D eigenvalue weighted by Crippen LogP contribution is -2.20. The Hall–Kier alpha value is -0.600. The molecule has 0 radical (unpaired) electrons. The second-order valence-corrected chi connectivity index (χ2v) is 5.61. The summed E-state index contributed by atoms with van der Waals surface area (Å²) in [6.45, 7) is 0.890. The van der Waals surface area contributed by atoms with E-state index in [9.17, 15) is 4.39 Å². The molecule has 1 aromatic carbocycles. The average molecular weight is 271 g/mol. The molecule has 0 spiro atoms. The van der Waals surface area contributed by atoms with Crippen molar-refractivity contribution in [2.24, 2.45) is 0 Å². The normalized spacial score (nSPS) is 21.8. The van der Waals surface area contributed by atoms with Crippen molar-refractivity contribution in [2.45, 2.75) is 50.0 Å². The Morgan fingerprint density at radius 2 is 2.28 bits per heavy atom.